The van der Waals surface area contributed by atoms with Crippen LogP contribution in [-0.4, -0.2) is 29.3 Å². The van der Waals surface area contributed by atoms with Crippen molar-refractivity contribution in [1.29, 1.82) is 0 Å². The van der Waals surface area contributed by atoms with E-state index in [0.29, 0.717) is 33.2 Å². The summed E-state index contributed by atoms with van der Waals surface area (Å²) in [5, 5.41) is 0.546. The lowest BCUT2D eigenvalue weighted by Gasteiger charge is -2.24. The fourth-order valence-electron chi connectivity index (χ4n) is 3.99. The Bertz CT molecular complexity index is 1670. The Morgan fingerprint density at radius 2 is 1.07 bits per heavy atom. The minimum absolute atomic E-state index is 0.160. The highest BCUT2D eigenvalue weighted by Crippen LogP contribution is 2.26. The first kappa shape index (κ1) is 31.7. The van der Waals surface area contributed by atoms with Crippen LogP contribution in [0.1, 0.15) is 54.7 Å². The molecule has 0 bridgehead atoms. The monoisotopic (exact) mass is 612 g/mol. The van der Waals surface area contributed by atoms with Crippen molar-refractivity contribution in [1.82, 2.24) is 0 Å². The Morgan fingerprint density at radius 3 is 1.59 bits per heavy atom. The van der Waals surface area contributed by atoms with Crippen molar-refractivity contribution in [2.45, 2.75) is 33.3 Å². The van der Waals surface area contributed by atoms with Crippen LogP contribution in [0.2, 0.25) is 5.02 Å². The number of carbonyl (C=O) groups excluding carboxylic acids is 4. The smallest absolute Gasteiger partial charge is 0.355 e. The predicted octanol–water partition coefficient (Wildman–Crippen LogP) is 7.36. The van der Waals surface area contributed by atoms with E-state index in [9.17, 15) is 19.2 Å². The van der Waals surface area contributed by atoms with E-state index in [-0.39, 0.29) is 17.3 Å². The number of hydrogen-bond acceptors (Lipinski definition) is 8. The molecule has 4 aromatic rings. The van der Waals surface area contributed by atoms with Gasteiger partial charge in [-0.25, -0.2) is 4.79 Å². The van der Waals surface area contributed by atoms with Crippen molar-refractivity contribution in [3.05, 3.63) is 118 Å². The van der Waals surface area contributed by atoms with Gasteiger partial charge in [0, 0.05) is 36.1 Å². The first-order valence-electron chi connectivity index (χ1n) is 13.5. The van der Waals surface area contributed by atoms with Crippen molar-refractivity contribution in [2.75, 3.05) is 0 Å². The van der Waals surface area contributed by atoms with Gasteiger partial charge < -0.3 is 18.9 Å². The number of esters is 3. The van der Waals surface area contributed by atoms with Crippen molar-refractivity contribution >= 4 is 47.4 Å². The van der Waals surface area contributed by atoms with Crippen LogP contribution in [0.15, 0.2) is 91.0 Å². The molecular weight excluding hydrogens is 584 g/mol. The van der Waals surface area contributed by atoms with Crippen molar-refractivity contribution in [3.8, 4) is 23.0 Å². The normalized spacial score (nSPS) is 11.1. The third kappa shape index (κ3) is 8.89. The summed E-state index contributed by atoms with van der Waals surface area (Å²) in [7, 11) is 0. The van der Waals surface area contributed by atoms with E-state index in [1.807, 2.05) is 0 Å². The van der Waals surface area contributed by atoms with E-state index in [0.717, 1.165) is 5.56 Å². The largest absolute Gasteiger partial charge is 0.476 e. The van der Waals surface area contributed by atoms with Gasteiger partial charge in [-0.05, 0) is 97.8 Å². The fourth-order valence-corrected chi connectivity index (χ4v) is 4.11. The molecule has 4 aromatic carbocycles. The summed E-state index contributed by atoms with van der Waals surface area (Å²) in [4.78, 5) is 48.4. The Balaban J connectivity index is 1.38. The molecule has 0 aromatic heterocycles. The zero-order valence-corrected chi connectivity index (χ0v) is 25.2. The molecule has 0 aliphatic carbocycles. The average molecular weight is 613 g/mol. The second-order valence-electron chi connectivity index (χ2n) is 10.2. The quantitative estimate of drug-likeness (QED) is 0.0792. The molecule has 224 valence electrons. The van der Waals surface area contributed by atoms with Crippen LogP contribution in [0.3, 0.4) is 0 Å². The number of benzene rings is 4. The highest BCUT2D eigenvalue weighted by Gasteiger charge is 2.32. The Morgan fingerprint density at radius 1 is 0.591 bits per heavy atom. The third-order valence-electron chi connectivity index (χ3n) is 6.07. The number of carbonyl (C=O) groups is 4. The molecule has 0 atom stereocenters. The Labute approximate surface area is 259 Å². The maximum absolute atomic E-state index is 12.9. The number of halogens is 1. The van der Waals surface area contributed by atoms with Crippen LogP contribution in [0.25, 0.3) is 12.2 Å². The highest BCUT2D eigenvalue weighted by atomic mass is 35.5. The predicted molar refractivity (Wildman–Crippen MR) is 166 cm³/mol. The molecule has 0 spiro atoms. The van der Waals surface area contributed by atoms with Gasteiger partial charge >= 0.3 is 17.9 Å². The maximum atomic E-state index is 12.9. The molecule has 44 heavy (non-hydrogen) atoms. The molecule has 0 saturated carbocycles. The zero-order chi connectivity index (χ0) is 31.9. The minimum Gasteiger partial charge on any atom is -0.476 e. The molecule has 0 aliphatic heterocycles. The second kappa shape index (κ2) is 13.8. The maximum Gasteiger partial charge on any atom is 0.355 e. The molecule has 8 nitrogen and oxygen atoms in total. The van der Waals surface area contributed by atoms with Crippen LogP contribution in [-0.2, 0) is 14.4 Å². The number of ether oxygens (including phenoxy) is 4. The van der Waals surface area contributed by atoms with Crippen LogP contribution in [0.4, 0.5) is 0 Å². The van der Waals surface area contributed by atoms with Gasteiger partial charge in [-0.2, -0.15) is 0 Å². The van der Waals surface area contributed by atoms with E-state index in [2.05, 4.69) is 0 Å². The minimum atomic E-state index is -1.33. The molecular formula is C35H29ClO8. The van der Waals surface area contributed by atoms with Crippen molar-refractivity contribution in [2.24, 2.45) is 0 Å². The Hall–Kier alpha value is -5.21. The van der Waals surface area contributed by atoms with Gasteiger partial charge in [-0.3, -0.25) is 14.4 Å². The molecule has 0 saturated heterocycles. The summed E-state index contributed by atoms with van der Waals surface area (Å²) in [6.07, 6.45) is 3.55. The second-order valence-corrected chi connectivity index (χ2v) is 10.6. The van der Waals surface area contributed by atoms with Crippen molar-refractivity contribution in [3.63, 3.8) is 0 Å². The van der Waals surface area contributed by atoms with E-state index >= 15 is 0 Å². The lowest BCUT2D eigenvalue weighted by molar-refractivity contribution is -0.149. The number of ketones is 1. The molecule has 0 aliphatic rings. The fraction of sp³-hybridized carbons (Fsp3) is 0.143. The van der Waals surface area contributed by atoms with Crippen LogP contribution in [0, 0.1) is 0 Å². The van der Waals surface area contributed by atoms with Crippen LogP contribution < -0.4 is 18.9 Å². The van der Waals surface area contributed by atoms with Gasteiger partial charge in [-0.15, -0.1) is 0 Å². The lowest BCUT2D eigenvalue weighted by Crippen LogP contribution is -2.41. The molecule has 4 rings (SSSR count). The molecule has 0 N–H and O–H groups in total. The van der Waals surface area contributed by atoms with Crippen LogP contribution in [0.5, 0.6) is 23.0 Å². The topological polar surface area (TPSA) is 105 Å². The van der Waals surface area contributed by atoms with E-state index in [1.54, 1.807) is 111 Å². The Kier molecular flexibility index (Phi) is 9.98. The average Bonchev–Trinajstić information content (AvgIpc) is 2.96. The molecule has 0 fully saturated rings. The summed E-state index contributed by atoms with van der Waals surface area (Å²) in [6.45, 7) is 5.74. The van der Waals surface area contributed by atoms with E-state index < -0.39 is 23.5 Å². The highest BCUT2D eigenvalue weighted by molar-refractivity contribution is 6.30. The summed E-state index contributed by atoms with van der Waals surface area (Å²) in [6, 6.07) is 24.6. The summed E-state index contributed by atoms with van der Waals surface area (Å²) < 4.78 is 21.7. The summed E-state index contributed by atoms with van der Waals surface area (Å²) >= 11 is 5.90. The lowest BCUT2D eigenvalue weighted by atomic mass is 10.0. The van der Waals surface area contributed by atoms with Gasteiger partial charge in [0.05, 0.1) is 0 Å². The van der Waals surface area contributed by atoms with Crippen molar-refractivity contribution < 1.29 is 38.1 Å². The van der Waals surface area contributed by atoms with Gasteiger partial charge in [-0.1, -0.05) is 35.9 Å². The number of hydrogen-bond donors (Lipinski definition) is 0. The van der Waals surface area contributed by atoms with Crippen LogP contribution >= 0.6 is 11.6 Å². The molecule has 9 heteroatoms. The third-order valence-corrected chi connectivity index (χ3v) is 6.32. The first-order valence-corrected chi connectivity index (χ1v) is 13.9. The van der Waals surface area contributed by atoms with Gasteiger partial charge in [0.1, 0.15) is 23.0 Å². The molecule has 0 unspecified atom stereocenters. The molecule has 0 radical (unpaired) electrons. The van der Waals surface area contributed by atoms with E-state index in [1.165, 1.54) is 19.9 Å². The van der Waals surface area contributed by atoms with E-state index in [4.69, 9.17) is 30.5 Å². The summed E-state index contributed by atoms with van der Waals surface area (Å²) in [5.74, 6) is -0.571. The SMILES string of the molecule is CC(=O)Oc1cc(C=Cc2ccc(OC(=O)C(C)(C)Oc3ccc(C(=O)c4ccc(Cl)cc4)cc3)cc2)cc(OC(C)=O)c1. The standard InChI is InChI=1S/C35H29ClO8/c1-22(37)41-31-19-25(20-32(21-31)42-23(2)38)6-5-24-7-15-29(16-8-24)43-34(40)35(3,4)44-30-17-11-27(12-18-30)33(39)26-9-13-28(36)14-10-26/h5-21H,1-4H3. The number of rotatable bonds is 10. The van der Waals surface area contributed by atoms with Gasteiger partial charge in [0.2, 0.25) is 5.60 Å². The van der Waals surface area contributed by atoms with Gasteiger partial charge in [0.25, 0.3) is 0 Å². The zero-order valence-electron chi connectivity index (χ0n) is 24.5. The summed E-state index contributed by atoms with van der Waals surface area (Å²) in [5.41, 5.74) is 1.08. The first-order chi connectivity index (χ1) is 20.9. The molecule has 0 amide bonds. The molecule has 0 heterocycles. The van der Waals surface area contributed by atoms with Gasteiger partial charge in [0.15, 0.2) is 5.78 Å².